The number of benzene rings is 1. The zero-order chi connectivity index (χ0) is 13.5. The number of nitrogens with zero attached hydrogens (tertiary/aromatic N) is 2. The highest BCUT2D eigenvalue weighted by Gasteiger charge is 2.15. The lowest BCUT2D eigenvalue weighted by atomic mass is 10.1. The van der Waals surface area contributed by atoms with Crippen molar-refractivity contribution in [1.29, 1.82) is 0 Å². The van der Waals surface area contributed by atoms with E-state index in [2.05, 4.69) is 53.2 Å². The van der Waals surface area contributed by atoms with Crippen LogP contribution in [0.3, 0.4) is 0 Å². The molecule has 100 valence electrons. The Labute approximate surface area is 115 Å². The van der Waals surface area contributed by atoms with E-state index in [-0.39, 0.29) is 0 Å². The zero-order valence-corrected chi connectivity index (χ0v) is 11.4. The van der Waals surface area contributed by atoms with Gasteiger partial charge in [-0.05, 0) is 30.2 Å². The number of aromatic nitrogens is 1. The van der Waals surface area contributed by atoms with Crippen LogP contribution in [0.5, 0.6) is 0 Å². The van der Waals surface area contributed by atoms with Crippen LogP contribution in [0.1, 0.15) is 24.1 Å². The molecule has 0 aliphatic rings. The Balaban J connectivity index is 2.11. The largest absolute Gasteiger partial charge is 0.329 e. The van der Waals surface area contributed by atoms with Crippen molar-refractivity contribution in [3.05, 3.63) is 66.0 Å². The lowest BCUT2D eigenvalue weighted by molar-refractivity contribution is 0.207. The van der Waals surface area contributed by atoms with Crippen molar-refractivity contribution in [3.8, 4) is 0 Å². The van der Waals surface area contributed by atoms with Gasteiger partial charge in [-0.25, -0.2) is 0 Å². The minimum atomic E-state index is 0.340. The molecule has 1 heterocycles. The molecular formula is C16H21N3. The van der Waals surface area contributed by atoms with Gasteiger partial charge < -0.3 is 5.73 Å². The maximum atomic E-state index is 5.74. The first-order valence-corrected chi connectivity index (χ1v) is 6.69. The van der Waals surface area contributed by atoms with Gasteiger partial charge in [0.15, 0.2) is 0 Å². The summed E-state index contributed by atoms with van der Waals surface area (Å²) >= 11 is 0. The summed E-state index contributed by atoms with van der Waals surface area (Å²) in [7, 11) is 0. The summed E-state index contributed by atoms with van der Waals surface area (Å²) in [6.07, 6.45) is 3.68. The fraction of sp³-hybridized carbons (Fsp3) is 0.312. The smallest absolute Gasteiger partial charge is 0.0325 e. The molecule has 0 aliphatic heterocycles. The summed E-state index contributed by atoms with van der Waals surface area (Å²) in [5, 5.41) is 0. The van der Waals surface area contributed by atoms with Crippen LogP contribution in [0.4, 0.5) is 0 Å². The quantitative estimate of drug-likeness (QED) is 0.862. The van der Waals surface area contributed by atoms with Gasteiger partial charge in [0.25, 0.3) is 0 Å². The summed E-state index contributed by atoms with van der Waals surface area (Å²) in [6, 6.07) is 15.0. The van der Waals surface area contributed by atoms with Crippen molar-refractivity contribution in [1.82, 2.24) is 9.88 Å². The average Bonchev–Trinajstić information content (AvgIpc) is 2.48. The summed E-state index contributed by atoms with van der Waals surface area (Å²) in [5.74, 6) is 0. The number of hydrogen-bond donors (Lipinski definition) is 1. The Kier molecular flexibility index (Phi) is 5.07. The minimum Gasteiger partial charge on any atom is -0.329 e. The van der Waals surface area contributed by atoms with Crippen molar-refractivity contribution >= 4 is 0 Å². The second kappa shape index (κ2) is 7.02. The Hall–Kier alpha value is -1.71. The van der Waals surface area contributed by atoms with Crippen LogP contribution in [0.25, 0.3) is 0 Å². The molecular weight excluding hydrogens is 234 g/mol. The highest BCUT2D eigenvalue weighted by Crippen LogP contribution is 2.21. The number of hydrogen-bond acceptors (Lipinski definition) is 3. The van der Waals surface area contributed by atoms with Crippen LogP contribution in [-0.2, 0) is 6.54 Å². The monoisotopic (exact) mass is 255 g/mol. The molecule has 0 aliphatic carbocycles. The normalized spacial score (nSPS) is 12.6. The van der Waals surface area contributed by atoms with Gasteiger partial charge in [-0.1, -0.05) is 30.3 Å². The third-order valence-corrected chi connectivity index (χ3v) is 3.38. The van der Waals surface area contributed by atoms with Crippen molar-refractivity contribution in [2.45, 2.75) is 19.5 Å². The van der Waals surface area contributed by atoms with E-state index in [0.29, 0.717) is 12.6 Å². The molecule has 2 N–H and O–H groups in total. The van der Waals surface area contributed by atoms with Crippen LogP contribution in [-0.4, -0.2) is 23.0 Å². The molecule has 0 saturated heterocycles. The first-order chi connectivity index (χ1) is 9.31. The maximum Gasteiger partial charge on any atom is 0.0325 e. The molecule has 0 saturated carbocycles. The van der Waals surface area contributed by atoms with E-state index in [1.165, 1.54) is 11.1 Å². The van der Waals surface area contributed by atoms with E-state index < -0.39 is 0 Å². The van der Waals surface area contributed by atoms with Crippen molar-refractivity contribution < 1.29 is 0 Å². The summed E-state index contributed by atoms with van der Waals surface area (Å²) in [5.41, 5.74) is 8.34. The molecule has 2 aromatic rings. The first kappa shape index (κ1) is 13.7. The van der Waals surface area contributed by atoms with Gasteiger partial charge in [0, 0.05) is 38.1 Å². The molecule has 0 fully saturated rings. The summed E-state index contributed by atoms with van der Waals surface area (Å²) in [4.78, 5) is 6.47. The van der Waals surface area contributed by atoms with Gasteiger partial charge in [-0.3, -0.25) is 9.88 Å². The van der Waals surface area contributed by atoms with Gasteiger partial charge in [0.2, 0.25) is 0 Å². The summed E-state index contributed by atoms with van der Waals surface area (Å²) < 4.78 is 0. The fourth-order valence-electron chi connectivity index (χ4n) is 2.25. The van der Waals surface area contributed by atoms with Crippen LogP contribution >= 0.6 is 0 Å². The van der Waals surface area contributed by atoms with Crippen LogP contribution in [0.15, 0.2) is 54.9 Å². The van der Waals surface area contributed by atoms with Crippen molar-refractivity contribution in [2.75, 3.05) is 13.1 Å². The van der Waals surface area contributed by atoms with Gasteiger partial charge in [0.05, 0.1) is 0 Å². The van der Waals surface area contributed by atoms with Crippen LogP contribution in [0.2, 0.25) is 0 Å². The van der Waals surface area contributed by atoms with Gasteiger partial charge in [-0.15, -0.1) is 0 Å². The van der Waals surface area contributed by atoms with Gasteiger partial charge in [-0.2, -0.15) is 0 Å². The Morgan fingerprint density at radius 2 is 1.79 bits per heavy atom. The fourth-order valence-corrected chi connectivity index (χ4v) is 2.25. The first-order valence-electron chi connectivity index (χ1n) is 6.69. The molecule has 1 atom stereocenters. The molecule has 0 bridgehead atoms. The topological polar surface area (TPSA) is 42.2 Å². The molecule has 0 amide bonds. The van der Waals surface area contributed by atoms with E-state index in [1.54, 1.807) is 0 Å². The predicted molar refractivity (Wildman–Crippen MR) is 78.6 cm³/mol. The lowest BCUT2D eigenvalue weighted by Crippen LogP contribution is -2.31. The zero-order valence-electron chi connectivity index (χ0n) is 11.4. The van der Waals surface area contributed by atoms with E-state index >= 15 is 0 Å². The Bertz CT molecular complexity index is 470. The predicted octanol–water partition coefficient (Wildman–Crippen LogP) is 2.60. The Morgan fingerprint density at radius 1 is 1.11 bits per heavy atom. The van der Waals surface area contributed by atoms with E-state index in [4.69, 9.17) is 5.73 Å². The third kappa shape index (κ3) is 3.88. The molecule has 0 radical (unpaired) electrons. The Morgan fingerprint density at radius 3 is 2.42 bits per heavy atom. The minimum absolute atomic E-state index is 0.340. The van der Waals surface area contributed by atoms with E-state index in [9.17, 15) is 0 Å². The van der Waals surface area contributed by atoms with Crippen molar-refractivity contribution in [3.63, 3.8) is 0 Å². The van der Waals surface area contributed by atoms with Crippen LogP contribution in [0, 0.1) is 0 Å². The molecule has 1 aromatic carbocycles. The lowest BCUT2D eigenvalue weighted by Gasteiger charge is -2.29. The number of rotatable bonds is 6. The second-order valence-corrected chi connectivity index (χ2v) is 4.70. The van der Waals surface area contributed by atoms with Crippen molar-refractivity contribution in [2.24, 2.45) is 5.73 Å². The maximum absolute atomic E-state index is 5.74. The number of nitrogens with two attached hydrogens (primary N) is 1. The summed E-state index contributed by atoms with van der Waals surface area (Å²) in [6.45, 7) is 4.69. The molecule has 3 nitrogen and oxygen atoms in total. The molecule has 3 heteroatoms. The highest BCUT2D eigenvalue weighted by atomic mass is 15.2. The van der Waals surface area contributed by atoms with E-state index in [0.717, 1.165) is 13.1 Å². The third-order valence-electron chi connectivity index (χ3n) is 3.38. The SMILES string of the molecule is CC(c1ccncc1)N(CCN)Cc1ccccc1. The highest BCUT2D eigenvalue weighted by molar-refractivity contribution is 5.17. The van der Waals surface area contributed by atoms with E-state index in [1.807, 2.05) is 18.5 Å². The second-order valence-electron chi connectivity index (χ2n) is 4.70. The van der Waals surface area contributed by atoms with Crippen LogP contribution < -0.4 is 5.73 Å². The van der Waals surface area contributed by atoms with Gasteiger partial charge in [0.1, 0.15) is 0 Å². The van der Waals surface area contributed by atoms with Gasteiger partial charge >= 0.3 is 0 Å². The number of pyridine rings is 1. The molecule has 1 aromatic heterocycles. The molecule has 1 unspecified atom stereocenters. The molecule has 0 spiro atoms. The average molecular weight is 255 g/mol. The molecule has 19 heavy (non-hydrogen) atoms. The standard InChI is InChI=1S/C16H21N3/c1-14(16-7-10-18-11-8-16)19(12-9-17)13-15-5-3-2-4-6-15/h2-8,10-11,14H,9,12-13,17H2,1H3. The molecule has 2 rings (SSSR count).